The van der Waals surface area contributed by atoms with Crippen molar-refractivity contribution in [3.05, 3.63) is 125 Å². The first kappa shape index (κ1) is 43.2. The van der Waals surface area contributed by atoms with E-state index < -0.39 is 59.9 Å². The molecule has 3 rings (SSSR count). The number of nitrogens with zero attached hydrogens (tertiary/aromatic N) is 1. The van der Waals surface area contributed by atoms with E-state index in [-0.39, 0.29) is 46.7 Å². The van der Waals surface area contributed by atoms with E-state index in [2.05, 4.69) is 11.9 Å². The molecule has 0 aliphatic heterocycles. The number of hydrogen-bond donors (Lipinski definition) is 1. The van der Waals surface area contributed by atoms with Gasteiger partial charge in [0.1, 0.15) is 12.4 Å². The molecule has 1 N–H and O–H groups in total. The summed E-state index contributed by atoms with van der Waals surface area (Å²) in [7, 11) is 4.36. The lowest BCUT2D eigenvalue weighted by atomic mass is 9.81. The zero-order valence-electron chi connectivity index (χ0n) is 31.4. The number of carbonyl (C=O) groups is 5. The fourth-order valence-electron chi connectivity index (χ4n) is 5.32. The smallest absolute Gasteiger partial charge is 0.416 e. The van der Waals surface area contributed by atoms with E-state index in [0.717, 1.165) is 18.2 Å². The molecule has 0 unspecified atom stereocenters. The Morgan fingerprint density at radius 1 is 0.818 bits per heavy atom. The highest BCUT2D eigenvalue weighted by Gasteiger charge is 2.52. The van der Waals surface area contributed by atoms with Crippen LogP contribution in [0.3, 0.4) is 0 Å². The number of benzene rings is 3. The summed E-state index contributed by atoms with van der Waals surface area (Å²) in [4.78, 5) is 68.2. The highest BCUT2D eigenvalue weighted by atomic mass is 19.4. The van der Waals surface area contributed by atoms with E-state index >= 15 is 0 Å². The third kappa shape index (κ3) is 10.7. The molecular formula is C41H43F3N2O9. The number of allylic oxidation sites excluding steroid dienone is 5. The Morgan fingerprint density at radius 3 is 2.00 bits per heavy atom. The predicted molar refractivity (Wildman–Crippen MR) is 199 cm³/mol. The number of carbonyl (C=O) groups excluding carboxylic acids is 5. The summed E-state index contributed by atoms with van der Waals surface area (Å²) in [5.74, 6) is -3.72. The predicted octanol–water partition coefficient (Wildman–Crippen LogP) is 6.88. The van der Waals surface area contributed by atoms with Crippen molar-refractivity contribution in [3.63, 3.8) is 0 Å². The van der Waals surface area contributed by atoms with Crippen molar-refractivity contribution in [2.24, 2.45) is 0 Å². The second kappa shape index (κ2) is 19.2. The van der Waals surface area contributed by atoms with Gasteiger partial charge in [0.2, 0.25) is 5.41 Å². The lowest BCUT2D eigenvalue weighted by Crippen LogP contribution is -2.50. The zero-order valence-corrected chi connectivity index (χ0v) is 31.4. The Kier molecular flexibility index (Phi) is 15.1. The molecule has 3 aromatic carbocycles. The van der Waals surface area contributed by atoms with Crippen LogP contribution in [-0.2, 0) is 40.4 Å². The molecule has 2 amide bonds. The topological polar surface area (TPSA) is 138 Å². The van der Waals surface area contributed by atoms with Crippen LogP contribution in [0.2, 0.25) is 0 Å². The fourth-order valence-corrected chi connectivity index (χ4v) is 5.32. The van der Waals surface area contributed by atoms with Gasteiger partial charge < -0.3 is 29.2 Å². The summed E-state index contributed by atoms with van der Waals surface area (Å²) in [6.45, 7) is 7.39. The maximum absolute atomic E-state index is 13.7. The van der Waals surface area contributed by atoms with E-state index in [4.69, 9.17) is 18.9 Å². The number of amides is 2. The Hall–Kier alpha value is -6.18. The summed E-state index contributed by atoms with van der Waals surface area (Å²) >= 11 is 0. The SMILES string of the molecule is C=C(/C=C\C(=C/C)C(F)(F)F)c1cc(OC)ccc1C(=O)Nc1ccc(CC(=O)OCC(C(=O)OCC)(C(=O)OCC)c2ccccc2)cc1C(=O)N(C)C. The van der Waals surface area contributed by atoms with E-state index in [1.807, 2.05) is 0 Å². The van der Waals surface area contributed by atoms with Crippen LogP contribution in [0.25, 0.3) is 5.57 Å². The van der Waals surface area contributed by atoms with Crippen LogP contribution in [0.1, 0.15) is 58.2 Å². The number of alkyl halides is 3. The number of anilines is 1. The van der Waals surface area contributed by atoms with Gasteiger partial charge in [0.25, 0.3) is 11.8 Å². The number of ether oxygens (including phenoxy) is 4. The lowest BCUT2D eigenvalue weighted by molar-refractivity contribution is -0.170. The second-order valence-electron chi connectivity index (χ2n) is 12.1. The van der Waals surface area contributed by atoms with Crippen LogP contribution < -0.4 is 10.1 Å². The molecule has 0 fully saturated rings. The fraction of sp³-hybridized carbons (Fsp3) is 0.293. The van der Waals surface area contributed by atoms with E-state index in [1.54, 1.807) is 32.0 Å². The quantitative estimate of drug-likeness (QED) is 0.0717. The van der Waals surface area contributed by atoms with Crippen molar-refractivity contribution in [1.82, 2.24) is 4.90 Å². The van der Waals surface area contributed by atoms with Crippen molar-refractivity contribution in [3.8, 4) is 5.75 Å². The van der Waals surface area contributed by atoms with Crippen LogP contribution in [0.4, 0.5) is 18.9 Å². The first-order chi connectivity index (χ1) is 26.0. The molecule has 0 bridgehead atoms. The van der Waals surface area contributed by atoms with Gasteiger partial charge in [-0.3, -0.25) is 24.0 Å². The van der Waals surface area contributed by atoms with Gasteiger partial charge in [-0.25, -0.2) is 0 Å². The summed E-state index contributed by atoms with van der Waals surface area (Å²) in [5.41, 5.74) is -2.21. The molecule has 0 aliphatic rings. The average Bonchev–Trinajstić information content (AvgIpc) is 3.15. The number of hydrogen-bond acceptors (Lipinski definition) is 9. The molecule has 292 valence electrons. The Morgan fingerprint density at radius 2 is 1.45 bits per heavy atom. The van der Waals surface area contributed by atoms with Gasteiger partial charge in [-0.15, -0.1) is 0 Å². The molecular weight excluding hydrogens is 721 g/mol. The summed E-state index contributed by atoms with van der Waals surface area (Å²) in [6, 6.07) is 16.5. The highest BCUT2D eigenvalue weighted by Crippen LogP contribution is 2.32. The van der Waals surface area contributed by atoms with Gasteiger partial charge >= 0.3 is 24.1 Å². The molecule has 0 saturated heterocycles. The minimum Gasteiger partial charge on any atom is -0.497 e. The minimum absolute atomic E-state index is 0.00276. The molecule has 11 nitrogen and oxygen atoms in total. The van der Waals surface area contributed by atoms with Crippen LogP contribution in [-0.4, -0.2) is 81.8 Å². The van der Waals surface area contributed by atoms with Gasteiger partial charge in [0, 0.05) is 19.7 Å². The Bertz CT molecular complexity index is 1950. The first-order valence-corrected chi connectivity index (χ1v) is 17.0. The van der Waals surface area contributed by atoms with Gasteiger partial charge in [-0.05, 0) is 79.4 Å². The maximum Gasteiger partial charge on any atom is 0.416 e. The van der Waals surface area contributed by atoms with Crippen molar-refractivity contribution in [1.29, 1.82) is 0 Å². The summed E-state index contributed by atoms with van der Waals surface area (Å²) in [5, 5.41) is 2.69. The van der Waals surface area contributed by atoms with Gasteiger partial charge in [-0.2, -0.15) is 13.2 Å². The lowest BCUT2D eigenvalue weighted by Gasteiger charge is -2.29. The third-order valence-electron chi connectivity index (χ3n) is 8.20. The van der Waals surface area contributed by atoms with Crippen LogP contribution in [0.5, 0.6) is 5.75 Å². The minimum atomic E-state index is -4.60. The monoisotopic (exact) mass is 764 g/mol. The molecule has 0 aliphatic carbocycles. The number of methoxy groups -OCH3 is 1. The van der Waals surface area contributed by atoms with Crippen molar-refractivity contribution < 1.29 is 56.1 Å². The highest BCUT2D eigenvalue weighted by molar-refractivity contribution is 6.11. The van der Waals surface area contributed by atoms with Crippen LogP contribution in [0, 0.1) is 0 Å². The maximum atomic E-state index is 13.7. The van der Waals surface area contributed by atoms with Gasteiger partial charge in [0.05, 0.1) is 43.6 Å². The number of esters is 3. The van der Waals surface area contributed by atoms with Gasteiger partial charge in [-0.1, -0.05) is 55.1 Å². The van der Waals surface area contributed by atoms with Crippen molar-refractivity contribution >= 4 is 41.0 Å². The molecule has 55 heavy (non-hydrogen) atoms. The molecule has 14 heteroatoms. The van der Waals surface area contributed by atoms with Gasteiger partial charge in [0.15, 0.2) is 0 Å². The molecule has 0 radical (unpaired) electrons. The average molecular weight is 765 g/mol. The molecule has 0 atom stereocenters. The van der Waals surface area contributed by atoms with Crippen molar-refractivity contribution in [2.45, 2.75) is 38.8 Å². The molecule has 3 aromatic rings. The Labute approximate surface area is 317 Å². The summed E-state index contributed by atoms with van der Waals surface area (Å²) in [6.07, 6.45) is -2.13. The molecule has 0 saturated carbocycles. The van der Waals surface area contributed by atoms with Crippen molar-refractivity contribution in [2.75, 3.05) is 46.3 Å². The Balaban J connectivity index is 1.95. The van der Waals surface area contributed by atoms with Crippen LogP contribution >= 0.6 is 0 Å². The first-order valence-electron chi connectivity index (χ1n) is 17.0. The third-order valence-corrected chi connectivity index (χ3v) is 8.20. The van der Waals surface area contributed by atoms with Crippen LogP contribution in [0.15, 0.2) is 97.1 Å². The zero-order chi connectivity index (χ0) is 40.9. The molecule has 0 heterocycles. The number of nitrogens with one attached hydrogen (secondary N) is 1. The van der Waals surface area contributed by atoms with E-state index in [0.29, 0.717) is 11.3 Å². The summed E-state index contributed by atoms with van der Waals surface area (Å²) < 4.78 is 61.2. The standard InChI is InChI=1S/C41H43F3N2O9/c1-8-28(41(42,43)44)18-16-26(4)32-24-30(52-7)19-20-31(32)36(48)45-34-21-17-27(22-33(34)37(49)46(5)6)23-35(47)55-25-40(38(50)53-9-2,39(51)54-10-3)29-14-12-11-13-15-29/h8,11-22,24H,4,9-10,23,25H2,1-3,5-7H3,(H,45,48)/b18-16-,28-8+. The normalized spacial score (nSPS) is 11.8. The van der Waals surface area contributed by atoms with E-state index in [9.17, 15) is 37.1 Å². The molecule has 0 aromatic heterocycles. The molecule has 0 spiro atoms. The number of rotatable bonds is 16. The largest absolute Gasteiger partial charge is 0.497 e. The van der Waals surface area contributed by atoms with E-state index in [1.165, 1.54) is 81.6 Å². The number of halogens is 3. The second-order valence-corrected chi connectivity index (χ2v) is 12.1.